The lowest BCUT2D eigenvalue weighted by Crippen LogP contribution is -2.15. The van der Waals surface area contributed by atoms with E-state index in [1.165, 1.54) is 10.8 Å². The van der Waals surface area contributed by atoms with E-state index < -0.39 is 10.9 Å². The Labute approximate surface area is 200 Å². The lowest BCUT2D eigenvalue weighted by Gasteiger charge is -2.07. The SMILES string of the molecule is O=C(OCCn1c([N+](=O)[O-])cnc1/C=C/c1ccc2ccccc2c1)c1nccc2ccccc12. The monoisotopic (exact) mass is 464 g/mol. The molecule has 0 bridgehead atoms. The van der Waals surface area contributed by atoms with Crippen molar-refractivity contribution in [2.45, 2.75) is 6.54 Å². The second-order valence-corrected chi connectivity index (χ2v) is 7.84. The van der Waals surface area contributed by atoms with Gasteiger partial charge in [0.1, 0.15) is 19.3 Å². The fourth-order valence-electron chi connectivity index (χ4n) is 3.95. The summed E-state index contributed by atoms with van der Waals surface area (Å²) >= 11 is 0. The van der Waals surface area contributed by atoms with Gasteiger partial charge in [0.15, 0.2) is 5.69 Å². The first-order chi connectivity index (χ1) is 17.1. The van der Waals surface area contributed by atoms with Crippen molar-refractivity contribution in [2.75, 3.05) is 6.61 Å². The molecule has 35 heavy (non-hydrogen) atoms. The number of ether oxygens (including phenoxy) is 1. The second kappa shape index (κ2) is 9.56. The van der Waals surface area contributed by atoms with Crippen LogP contribution in [0.2, 0.25) is 0 Å². The van der Waals surface area contributed by atoms with Gasteiger partial charge in [0.25, 0.3) is 0 Å². The summed E-state index contributed by atoms with van der Waals surface area (Å²) in [7, 11) is 0. The zero-order chi connectivity index (χ0) is 24.2. The second-order valence-electron chi connectivity index (χ2n) is 7.84. The molecule has 0 aliphatic heterocycles. The maximum atomic E-state index is 12.7. The van der Waals surface area contributed by atoms with E-state index >= 15 is 0 Å². The van der Waals surface area contributed by atoms with Crippen molar-refractivity contribution >= 4 is 45.5 Å². The van der Waals surface area contributed by atoms with E-state index in [2.05, 4.69) is 9.97 Å². The van der Waals surface area contributed by atoms with E-state index in [0.29, 0.717) is 11.2 Å². The van der Waals surface area contributed by atoms with Crippen molar-refractivity contribution in [1.82, 2.24) is 14.5 Å². The van der Waals surface area contributed by atoms with Crippen molar-refractivity contribution in [3.05, 3.63) is 112 Å². The molecule has 0 radical (unpaired) electrons. The quantitative estimate of drug-likeness (QED) is 0.179. The number of esters is 1. The number of carbonyl (C=O) groups is 1. The molecule has 0 atom stereocenters. The summed E-state index contributed by atoms with van der Waals surface area (Å²) in [5.74, 6) is -0.371. The van der Waals surface area contributed by atoms with E-state index in [-0.39, 0.29) is 24.7 Å². The Morgan fingerprint density at radius 1 is 0.943 bits per heavy atom. The Morgan fingerprint density at radius 2 is 1.71 bits per heavy atom. The number of imidazole rings is 1. The summed E-state index contributed by atoms with van der Waals surface area (Å²) in [5, 5.41) is 15.3. The summed E-state index contributed by atoms with van der Waals surface area (Å²) in [6.45, 7) is 0.00195. The maximum absolute atomic E-state index is 12.7. The van der Waals surface area contributed by atoms with Crippen molar-refractivity contribution < 1.29 is 14.5 Å². The van der Waals surface area contributed by atoms with Gasteiger partial charge in [0, 0.05) is 17.7 Å². The highest BCUT2D eigenvalue weighted by Crippen LogP contribution is 2.20. The Balaban J connectivity index is 1.33. The Morgan fingerprint density at radius 3 is 2.54 bits per heavy atom. The fraction of sp³-hybridized carbons (Fsp3) is 0.0741. The third kappa shape index (κ3) is 4.63. The Bertz CT molecular complexity index is 1580. The van der Waals surface area contributed by atoms with Crippen LogP contribution in [0.4, 0.5) is 5.82 Å². The fourth-order valence-corrected chi connectivity index (χ4v) is 3.95. The molecular formula is C27H20N4O4. The van der Waals surface area contributed by atoms with Crippen LogP contribution in [0.5, 0.6) is 0 Å². The highest BCUT2D eigenvalue weighted by molar-refractivity contribution is 6.02. The first-order valence-corrected chi connectivity index (χ1v) is 11.0. The number of pyridine rings is 1. The van der Waals surface area contributed by atoms with Crippen molar-refractivity contribution in [3.8, 4) is 0 Å². The number of rotatable bonds is 7. The average Bonchev–Trinajstić information content (AvgIpc) is 3.30. The number of carbonyl (C=O) groups excluding carboxylic acids is 1. The van der Waals surface area contributed by atoms with Crippen LogP contribution in [0.3, 0.4) is 0 Å². The third-order valence-electron chi connectivity index (χ3n) is 5.67. The summed E-state index contributed by atoms with van der Waals surface area (Å²) in [6.07, 6.45) is 6.32. The molecule has 172 valence electrons. The standard InChI is InChI=1S/C27H20N4O4/c32-27(26-23-8-4-3-6-21(23)13-14-28-26)35-16-15-30-24(29-18-25(30)31(33)34)12-10-19-9-11-20-5-1-2-7-22(20)17-19/h1-14,17-18H,15-16H2/b12-10+. The van der Waals surface area contributed by atoms with Crippen LogP contribution in [-0.2, 0) is 11.3 Å². The molecule has 0 aliphatic rings. The molecule has 0 unspecified atom stereocenters. The highest BCUT2D eigenvalue weighted by Gasteiger charge is 2.20. The lowest BCUT2D eigenvalue weighted by atomic mass is 10.1. The van der Waals surface area contributed by atoms with Gasteiger partial charge in [0.2, 0.25) is 5.82 Å². The predicted octanol–water partition coefficient (Wildman–Crippen LogP) is 5.52. The number of fused-ring (bicyclic) bond motifs is 2. The smallest absolute Gasteiger partial charge is 0.357 e. The van der Waals surface area contributed by atoms with Gasteiger partial charge in [-0.15, -0.1) is 0 Å². The normalized spacial score (nSPS) is 11.3. The van der Waals surface area contributed by atoms with Crippen LogP contribution in [-0.4, -0.2) is 32.0 Å². The zero-order valence-corrected chi connectivity index (χ0v) is 18.6. The van der Waals surface area contributed by atoms with Crippen molar-refractivity contribution in [3.63, 3.8) is 0 Å². The van der Waals surface area contributed by atoms with Gasteiger partial charge in [-0.25, -0.2) is 19.3 Å². The minimum Gasteiger partial charge on any atom is -0.457 e. The largest absolute Gasteiger partial charge is 0.457 e. The van der Waals surface area contributed by atoms with E-state index in [1.807, 2.05) is 72.8 Å². The van der Waals surface area contributed by atoms with Crippen molar-refractivity contribution in [2.24, 2.45) is 0 Å². The number of hydrogen-bond acceptors (Lipinski definition) is 6. The average molecular weight is 464 g/mol. The van der Waals surface area contributed by atoms with Gasteiger partial charge >= 0.3 is 11.8 Å². The molecule has 0 amide bonds. The summed E-state index contributed by atoms with van der Waals surface area (Å²) in [4.78, 5) is 32.0. The molecule has 2 aromatic heterocycles. The number of hydrogen-bond donors (Lipinski definition) is 0. The van der Waals surface area contributed by atoms with Crippen LogP contribution >= 0.6 is 0 Å². The zero-order valence-electron chi connectivity index (χ0n) is 18.6. The molecule has 2 heterocycles. The molecule has 0 saturated heterocycles. The Kier molecular flexibility index (Phi) is 6.00. The van der Waals surface area contributed by atoms with Crippen LogP contribution in [0, 0.1) is 10.1 Å². The molecule has 3 aromatic carbocycles. The van der Waals surface area contributed by atoms with Gasteiger partial charge in [-0.3, -0.25) is 0 Å². The molecule has 0 spiro atoms. The molecule has 8 nitrogen and oxygen atoms in total. The van der Waals surface area contributed by atoms with Gasteiger partial charge in [-0.05, 0) is 44.9 Å². The minimum atomic E-state index is -0.585. The molecule has 5 rings (SSSR count). The number of nitrogens with zero attached hydrogens (tertiary/aromatic N) is 4. The van der Waals surface area contributed by atoms with Crippen LogP contribution in [0.25, 0.3) is 33.7 Å². The minimum absolute atomic E-state index is 0.0717. The molecular weight excluding hydrogens is 444 g/mol. The number of benzene rings is 3. The summed E-state index contributed by atoms with van der Waals surface area (Å²) in [6, 6.07) is 23.2. The summed E-state index contributed by atoms with van der Waals surface area (Å²) < 4.78 is 6.83. The van der Waals surface area contributed by atoms with Gasteiger partial charge < -0.3 is 14.9 Å². The topological polar surface area (TPSA) is 100 Å². The first-order valence-electron chi connectivity index (χ1n) is 11.0. The van der Waals surface area contributed by atoms with Gasteiger partial charge in [0.05, 0.1) is 0 Å². The first kappa shape index (κ1) is 22.0. The molecule has 0 N–H and O–H groups in total. The molecule has 0 aliphatic carbocycles. The molecule has 5 aromatic rings. The molecule has 0 fully saturated rings. The van der Waals surface area contributed by atoms with Crippen LogP contribution in [0.15, 0.2) is 85.2 Å². The van der Waals surface area contributed by atoms with Gasteiger partial charge in [-0.1, -0.05) is 60.7 Å². The van der Waals surface area contributed by atoms with E-state index in [9.17, 15) is 14.9 Å². The van der Waals surface area contributed by atoms with Gasteiger partial charge in [-0.2, -0.15) is 0 Å². The lowest BCUT2D eigenvalue weighted by molar-refractivity contribution is -0.392. The van der Waals surface area contributed by atoms with E-state index in [4.69, 9.17) is 4.74 Å². The number of aromatic nitrogens is 3. The predicted molar refractivity (Wildman–Crippen MR) is 134 cm³/mol. The van der Waals surface area contributed by atoms with Crippen LogP contribution < -0.4 is 0 Å². The van der Waals surface area contributed by atoms with E-state index in [0.717, 1.165) is 21.7 Å². The third-order valence-corrected chi connectivity index (χ3v) is 5.67. The number of nitro groups is 1. The molecule has 0 saturated carbocycles. The van der Waals surface area contributed by atoms with Crippen molar-refractivity contribution in [1.29, 1.82) is 0 Å². The Hall–Kier alpha value is -4.85. The van der Waals surface area contributed by atoms with E-state index in [1.54, 1.807) is 18.3 Å². The summed E-state index contributed by atoms with van der Waals surface area (Å²) in [5.41, 5.74) is 1.15. The van der Waals surface area contributed by atoms with Crippen LogP contribution in [0.1, 0.15) is 21.9 Å². The molecule has 8 heteroatoms. The highest BCUT2D eigenvalue weighted by atomic mass is 16.6. The maximum Gasteiger partial charge on any atom is 0.357 e.